The van der Waals surface area contributed by atoms with Crippen LogP contribution in [0.25, 0.3) is 22.2 Å². The first-order valence-corrected chi connectivity index (χ1v) is 7.36. The number of carboxylic acid groups (broad SMARTS) is 1. The van der Waals surface area contributed by atoms with Crippen LogP contribution in [0.2, 0.25) is 0 Å². The topological polar surface area (TPSA) is 63.3 Å². The average molecular weight is 293 g/mol. The summed E-state index contributed by atoms with van der Waals surface area (Å²) < 4.78 is 5.52. The van der Waals surface area contributed by atoms with E-state index in [1.807, 2.05) is 24.4 Å². The van der Waals surface area contributed by atoms with Gasteiger partial charge in [0.25, 0.3) is 0 Å². The molecule has 4 rings (SSSR count). The maximum atomic E-state index is 11.4. The first kappa shape index (κ1) is 13.1. The van der Waals surface area contributed by atoms with Crippen molar-refractivity contribution < 1.29 is 14.3 Å². The lowest BCUT2D eigenvalue weighted by Crippen LogP contribution is -1.96. The van der Waals surface area contributed by atoms with E-state index in [1.54, 1.807) is 6.92 Å². The Labute approximate surface area is 127 Å². The van der Waals surface area contributed by atoms with E-state index in [1.165, 1.54) is 18.4 Å². The minimum Gasteiger partial charge on any atom is -0.478 e. The Morgan fingerprint density at radius 3 is 2.82 bits per heavy atom. The van der Waals surface area contributed by atoms with Gasteiger partial charge >= 0.3 is 5.97 Å². The van der Waals surface area contributed by atoms with Crippen LogP contribution >= 0.6 is 0 Å². The molecule has 3 aromatic rings. The van der Waals surface area contributed by atoms with E-state index in [0.29, 0.717) is 22.6 Å². The summed E-state index contributed by atoms with van der Waals surface area (Å²) in [6.45, 7) is 1.68. The van der Waals surface area contributed by atoms with Crippen LogP contribution in [-0.4, -0.2) is 16.1 Å². The fraction of sp³-hybridized carbons (Fsp3) is 0.222. The first-order chi connectivity index (χ1) is 10.6. The number of carbonyl (C=O) groups is 1. The normalized spacial score (nSPS) is 14.4. The van der Waals surface area contributed by atoms with E-state index in [0.717, 1.165) is 11.3 Å². The molecular weight excluding hydrogens is 278 g/mol. The highest BCUT2D eigenvalue weighted by atomic mass is 16.4. The van der Waals surface area contributed by atoms with Gasteiger partial charge in [-0.1, -0.05) is 0 Å². The number of benzene rings is 1. The first-order valence-electron chi connectivity index (χ1n) is 7.36. The third kappa shape index (κ3) is 2.08. The van der Waals surface area contributed by atoms with Crippen molar-refractivity contribution in [3.05, 3.63) is 53.4 Å². The molecule has 0 spiro atoms. The Morgan fingerprint density at radius 2 is 2.09 bits per heavy atom. The molecule has 1 aliphatic rings. The largest absolute Gasteiger partial charge is 0.478 e. The number of nitrogens with zero attached hydrogens (tertiary/aromatic N) is 1. The van der Waals surface area contributed by atoms with Gasteiger partial charge in [-0.2, -0.15) is 0 Å². The molecule has 1 aromatic carbocycles. The standard InChI is InChI=1S/C18H15NO3/c1-10-17(18(20)21)14-8-13(4-5-16(14)22-10)15-9-12(6-7-19-15)11-2-3-11/h4-9,11H,2-3H2,1H3,(H,20,21). The van der Waals surface area contributed by atoms with Crippen molar-refractivity contribution in [3.8, 4) is 11.3 Å². The molecule has 0 atom stereocenters. The number of pyridine rings is 1. The van der Waals surface area contributed by atoms with E-state index in [2.05, 4.69) is 17.1 Å². The number of rotatable bonds is 3. The molecule has 1 N–H and O–H groups in total. The van der Waals surface area contributed by atoms with Crippen LogP contribution in [0, 0.1) is 6.92 Å². The number of hydrogen-bond acceptors (Lipinski definition) is 3. The van der Waals surface area contributed by atoms with E-state index in [-0.39, 0.29) is 5.56 Å². The predicted octanol–water partition coefficient (Wildman–Crippen LogP) is 4.38. The number of fused-ring (bicyclic) bond motifs is 1. The van der Waals surface area contributed by atoms with Gasteiger partial charge in [-0.3, -0.25) is 4.98 Å². The minimum absolute atomic E-state index is 0.232. The van der Waals surface area contributed by atoms with Gasteiger partial charge in [-0.25, -0.2) is 4.79 Å². The number of furan rings is 1. The van der Waals surface area contributed by atoms with Crippen molar-refractivity contribution in [1.29, 1.82) is 0 Å². The average Bonchev–Trinajstić information content (AvgIpc) is 3.29. The maximum Gasteiger partial charge on any atom is 0.339 e. The third-order valence-electron chi connectivity index (χ3n) is 4.21. The van der Waals surface area contributed by atoms with Gasteiger partial charge in [-0.05, 0) is 61.6 Å². The highest BCUT2D eigenvalue weighted by molar-refractivity contribution is 6.04. The number of carboxylic acids is 1. The van der Waals surface area contributed by atoms with Crippen molar-refractivity contribution in [2.45, 2.75) is 25.7 Å². The lowest BCUT2D eigenvalue weighted by Gasteiger charge is -2.04. The molecule has 1 aliphatic carbocycles. The second kappa shape index (κ2) is 4.70. The van der Waals surface area contributed by atoms with Gasteiger partial charge in [0.15, 0.2) is 0 Å². The summed E-state index contributed by atoms with van der Waals surface area (Å²) in [5, 5.41) is 9.99. The van der Waals surface area contributed by atoms with Crippen LogP contribution in [-0.2, 0) is 0 Å². The molecule has 0 amide bonds. The fourth-order valence-corrected chi connectivity index (χ4v) is 2.92. The zero-order valence-corrected chi connectivity index (χ0v) is 12.2. The number of aromatic nitrogens is 1. The molecule has 0 unspecified atom stereocenters. The molecule has 0 bridgehead atoms. The molecular formula is C18H15NO3. The molecule has 22 heavy (non-hydrogen) atoms. The van der Waals surface area contributed by atoms with Gasteiger partial charge < -0.3 is 9.52 Å². The molecule has 0 saturated heterocycles. The second-order valence-corrected chi connectivity index (χ2v) is 5.80. The smallest absolute Gasteiger partial charge is 0.339 e. The molecule has 2 aromatic heterocycles. The van der Waals surface area contributed by atoms with E-state index in [9.17, 15) is 9.90 Å². The summed E-state index contributed by atoms with van der Waals surface area (Å²) in [5.41, 5.74) is 3.93. The maximum absolute atomic E-state index is 11.4. The summed E-state index contributed by atoms with van der Waals surface area (Å²) in [4.78, 5) is 15.9. The summed E-state index contributed by atoms with van der Waals surface area (Å²) >= 11 is 0. The summed E-state index contributed by atoms with van der Waals surface area (Å²) in [7, 11) is 0. The summed E-state index contributed by atoms with van der Waals surface area (Å²) in [6, 6.07) is 9.76. The van der Waals surface area contributed by atoms with Crippen LogP contribution in [0.3, 0.4) is 0 Å². The monoisotopic (exact) mass is 293 g/mol. The molecule has 0 radical (unpaired) electrons. The fourth-order valence-electron chi connectivity index (χ4n) is 2.92. The van der Waals surface area contributed by atoms with Crippen molar-refractivity contribution in [2.24, 2.45) is 0 Å². The second-order valence-electron chi connectivity index (χ2n) is 5.80. The Kier molecular flexibility index (Phi) is 2.79. The van der Waals surface area contributed by atoms with E-state index in [4.69, 9.17) is 4.42 Å². The quantitative estimate of drug-likeness (QED) is 0.778. The van der Waals surface area contributed by atoms with Crippen LogP contribution < -0.4 is 0 Å². The van der Waals surface area contributed by atoms with E-state index >= 15 is 0 Å². The summed E-state index contributed by atoms with van der Waals surface area (Å²) in [6.07, 6.45) is 4.31. The van der Waals surface area contributed by atoms with Gasteiger partial charge in [0.2, 0.25) is 0 Å². The molecule has 110 valence electrons. The van der Waals surface area contributed by atoms with Gasteiger partial charge in [-0.15, -0.1) is 0 Å². The lowest BCUT2D eigenvalue weighted by molar-refractivity contribution is 0.0697. The number of aryl methyl sites for hydroxylation is 1. The predicted molar refractivity (Wildman–Crippen MR) is 83.1 cm³/mol. The molecule has 1 saturated carbocycles. The highest BCUT2D eigenvalue weighted by Crippen LogP contribution is 2.41. The molecule has 0 aliphatic heterocycles. The van der Waals surface area contributed by atoms with Crippen molar-refractivity contribution in [3.63, 3.8) is 0 Å². The van der Waals surface area contributed by atoms with Crippen LogP contribution in [0.5, 0.6) is 0 Å². The Balaban J connectivity index is 1.86. The zero-order valence-electron chi connectivity index (χ0n) is 12.2. The number of hydrogen-bond donors (Lipinski definition) is 1. The SMILES string of the molecule is Cc1oc2ccc(-c3cc(C4CC4)ccn3)cc2c1C(=O)O. The van der Waals surface area contributed by atoms with Crippen molar-refractivity contribution in [2.75, 3.05) is 0 Å². The van der Waals surface area contributed by atoms with Crippen molar-refractivity contribution >= 4 is 16.9 Å². The minimum atomic E-state index is -0.965. The third-order valence-corrected chi connectivity index (χ3v) is 4.21. The van der Waals surface area contributed by atoms with Crippen LogP contribution in [0.4, 0.5) is 0 Å². The van der Waals surface area contributed by atoms with Crippen LogP contribution in [0.15, 0.2) is 40.9 Å². The Morgan fingerprint density at radius 1 is 1.27 bits per heavy atom. The Hall–Kier alpha value is -2.62. The molecule has 4 nitrogen and oxygen atoms in total. The van der Waals surface area contributed by atoms with Gasteiger partial charge in [0, 0.05) is 17.1 Å². The highest BCUT2D eigenvalue weighted by Gasteiger charge is 2.24. The Bertz CT molecular complexity index is 890. The van der Waals surface area contributed by atoms with E-state index < -0.39 is 5.97 Å². The summed E-state index contributed by atoms with van der Waals surface area (Å²) in [5.74, 6) is 0.128. The van der Waals surface area contributed by atoms with Crippen LogP contribution in [0.1, 0.15) is 40.4 Å². The molecule has 2 heterocycles. The molecule has 4 heteroatoms. The van der Waals surface area contributed by atoms with Crippen molar-refractivity contribution in [1.82, 2.24) is 4.98 Å². The zero-order chi connectivity index (χ0) is 15.3. The molecule has 1 fully saturated rings. The lowest BCUT2D eigenvalue weighted by atomic mass is 10.0. The number of aromatic carboxylic acids is 1. The van der Waals surface area contributed by atoms with Gasteiger partial charge in [0.1, 0.15) is 16.9 Å². The van der Waals surface area contributed by atoms with Gasteiger partial charge in [0.05, 0.1) is 5.69 Å².